The Balaban J connectivity index is 2.01. The first kappa shape index (κ1) is 14.5. The van der Waals surface area contributed by atoms with E-state index in [4.69, 9.17) is 4.74 Å². The molecule has 2 rings (SSSR count). The molecule has 0 aliphatic heterocycles. The zero-order chi connectivity index (χ0) is 14.5. The Morgan fingerprint density at radius 2 is 1.85 bits per heavy atom. The van der Waals surface area contributed by atoms with Crippen molar-refractivity contribution in [3.05, 3.63) is 58.9 Å². The Labute approximate surface area is 121 Å². The maximum Gasteiger partial charge on any atom is 0.122 e. The average molecular weight is 270 g/mol. The summed E-state index contributed by atoms with van der Waals surface area (Å²) < 4.78 is 5.27. The smallest absolute Gasteiger partial charge is 0.122 e. The Kier molecular flexibility index (Phi) is 4.74. The van der Waals surface area contributed by atoms with Crippen molar-refractivity contribution in [3.8, 4) is 5.75 Å². The van der Waals surface area contributed by atoms with Crippen LogP contribution in [0.25, 0.3) is 0 Å². The van der Waals surface area contributed by atoms with E-state index in [2.05, 4.69) is 48.4 Å². The molecule has 1 atom stereocenters. The third kappa shape index (κ3) is 3.81. The monoisotopic (exact) mass is 270 g/mol. The molecular weight excluding hydrogens is 248 g/mol. The number of aryl methyl sites for hydroxylation is 2. The van der Waals surface area contributed by atoms with E-state index in [0.717, 1.165) is 23.7 Å². The van der Waals surface area contributed by atoms with E-state index in [0.29, 0.717) is 6.04 Å². The van der Waals surface area contributed by atoms with E-state index < -0.39 is 0 Å². The number of rotatable bonds is 5. The number of nitrogens with zero attached hydrogens (tertiary/aromatic N) is 1. The second kappa shape index (κ2) is 6.53. The van der Waals surface area contributed by atoms with Crippen LogP contribution in [0.15, 0.2) is 36.4 Å². The molecule has 1 N–H and O–H groups in total. The van der Waals surface area contributed by atoms with Crippen molar-refractivity contribution in [2.24, 2.45) is 0 Å². The van der Waals surface area contributed by atoms with E-state index in [1.54, 1.807) is 7.11 Å². The quantitative estimate of drug-likeness (QED) is 0.902. The first-order valence-electron chi connectivity index (χ1n) is 6.90. The Hall–Kier alpha value is -1.87. The van der Waals surface area contributed by atoms with Gasteiger partial charge in [0.15, 0.2) is 0 Å². The van der Waals surface area contributed by atoms with Crippen molar-refractivity contribution in [1.82, 2.24) is 10.3 Å². The summed E-state index contributed by atoms with van der Waals surface area (Å²) in [7, 11) is 1.68. The molecule has 0 spiro atoms. The number of hydrogen-bond acceptors (Lipinski definition) is 3. The summed E-state index contributed by atoms with van der Waals surface area (Å²) in [5.41, 5.74) is 4.55. The summed E-state index contributed by atoms with van der Waals surface area (Å²) in [4.78, 5) is 4.52. The molecule has 0 bridgehead atoms. The fourth-order valence-corrected chi connectivity index (χ4v) is 2.14. The van der Waals surface area contributed by atoms with Gasteiger partial charge in [-0.15, -0.1) is 0 Å². The third-order valence-corrected chi connectivity index (χ3v) is 3.38. The van der Waals surface area contributed by atoms with Crippen LogP contribution in [0.3, 0.4) is 0 Å². The number of ether oxygens (including phenoxy) is 1. The van der Waals surface area contributed by atoms with Gasteiger partial charge in [-0.1, -0.05) is 29.8 Å². The second-order valence-electron chi connectivity index (χ2n) is 5.15. The maximum absolute atomic E-state index is 5.27. The highest BCUT2D eigenvalue weighted by atomic mass is 16.5. The lowest BCUT2D eigenvalue weighted by Gasteiger charge is -2.15. The summed E-state index contributed by atoms with van der Waals surface area (Å²) in [5.74, 6) is 0.859. The number of nitrogens with one attached hydrogen (secondary N) is 1. The Bertz CT molecular complexity index is 564. The van der Waals surface area contributed by atoms with E-state index >= 15 is 0 Å². The van der Waals surface area contributed by atoms with Crippen LogP contribution in [0.2, 0.25) is 0 Å². The number of pyridine rings is 1. The normalized spacial score (nSPS) is 12.2. The van der Waals surface area contributed by atoms with Gasteiger partial charge in [-0.05, 0) is 26.3 Å². The fraction of sp³-hybridized carbons (Fsp3) is 0.353. The lowest BCUT2D eigenvalue weighted by atomic mass is 10.1. The highest BCUT2D eigenvalue weighted by molar-refractivity contribution is 5.27. The molecule has 0 radical (unpaired) electrons. The van der Waals surface area contributed by atoms with Crippen LogP contribution < -0.4 is 10.1 Å². The fourth-order valence-electron chi connectivity index (χ4n) is 2.14. The zero-order valence-electron chi connectivity index (χ0n) is 12.6. The van der Waals surface area contributed by atoms with Crippen LogP contribution in [0.4, 0.5) is 0 Å². The molecule has 0 aliphatic carbocycles. The van der Waals surface area contributed by atoms with Gasteiger partial charge in [0.25, 0.3) is 0 Å². The first-order valence-corrected chi connectivity index (χ1v) is 6.90. The summed E-state index contributed by atoms with van der Waals surface area (Å²) >= 11 is 0. The molecule has 1 heterocycles. The van der Waals surface area contributed by atoms with Crippen molar-refractivity contribution in [3.63, 3.8) is 0 Å². The standard InChI is InChI=1S/C17H22N2O/c1-12-5-7-15(8-6-12)14(3)18-11-16-10-17(20-4)9-13(2)19-16/h5-10,14,18H,11H2,1-4H3. The minimum absolute atomic E-state index is 0.295. The zero-order valence-corrected chi connectivity index (χ0v) is 12.6. The van der Waals surface area contributed by atoms with E-state index in [1.807, 2.05) is 19.1 Å². The average Bonchev–Trinajstić information content (AvgIpc) is 2.45. The molecule has 0 saturated carbocycles. The van der Waals surface area contributed by atoms with Crippen LogP contribution in [0, 0.1) is 13.8 Å². The molecule has 20 heavy (non-hydrogen) atoms. The molecule has 0 aliphatic rings. The third-order valence-electron chi connectivity index (χ3n) is 3.38. The Morgan fingerprint density at radius 3 is 2.50 bits per heavy atom. The van der Waals surface area contributed by atoms with Gasteiger partial charge >= 0.3 is 0 Å². The summed E-state index contributed by atoms with van der Waals surface area (Å²) in [6, 6.07) is 12.8. The minimum atomic E-state index is 0.295. The van der Waals surface area contributed by atoms with Crippen LogP contribution in [0.5, 0.6) is 5.75 Å². The molecule has 2 aromatic rings. The van der Waals surface area contributed by atoms with Gasteiger partial charge in [0.2, 0.25) is 0 Å². The van der Waals surface area contributed by atoms with Crippen molar-refractivity contribution in [1.29, 1.82) is 0 Å². The molecule has 0 saturated heterocycles. The van der Waals surface area contributed by atoms with Crippen LogP contribution in [-0.2, 0) is 6.54 Å². The van der Waals surface area contributed by atoms with Crippen LogP contribution in [0.1, 0.15) is 35.5 Å². The molecule has 3 heteroatoms. The predicted octanol–water partition coefficient (Wildman–Crippen LogP) is 3.56. The van der Waals surface area contributed by atoms with Gasteiger partial charge in [0.1, 0.15) is 5.75 Å². The van der Waals surface area contributed by atoms with E-state index in [-0.39, 0.29) is 0 Å². The van der Waals surface area contributed by atoms with Gasteiger partial charge in [0, 0.05) is 30.4 Å². The van der Waals surface area contributed by atoms with Gasteiger partial charge in [0.05, 0.1) is 12.8 Å². The van der Waals surface area contributed by atoms with Gasteiger partial charge in [-0.2, -0.15) is 0 Å². The predicted molar refractivity (Wildman–Crippen MR) is 82.0 cm³/mol. The molecule has 0 amide bonds. The van der Waals surface area contributed by atoms with Crippen LogP contribution >= 0.6 is 0 Å². The SMILES string of the molecule is COc1cc(C)nc(CNC(C)c2ccc(C)cc2)c1. The number of hydrogen-bond donors (Lipinski definition) is 1. The van der Waals surface area contributed by atoms with Crippen molar-refractivity contribution < 1.29 is 4.74 Å². The highest BCUT2D eigenvalue weighted by Gasteiger charge is 2.06. The summed E-state index contributed by atoms with van der Waals surface area (Å²) in [6.07, 6.45) is 0. The molecule has 106 valence electrons. The van der Waals surface area contributed by atoms with E-state index in [1.165, 1.54) is 11.1 Å². The van der Waals surface area contributed by atoms with Crippen molar-refractivity contribution >= 4 is 0 Å². The lowest BCUT2D eigenvalue weighted by Crippen LogP contribution is -2.19. The summed E-state index contributed by atoms with van der Waals surface area (Å²) in [5, 5.41) is 3.50. The summed E-state index contributed by atoms with van der Waals surface area (Å²) in [6.45, 7) is 6.98. The molecule has 1 aromatic carbocycles. The molecular formula is C17H22N2O. The van der Waals surface area contributed by atoms with Crippen LogP contribution in [-0.4, -0.2) is 12.1 Å². The molecule has 1 unspecified atom stereocenters. The maximum atomic E-state index is 5.27. The second-order valence-corrected chi connectivity index (χ2v) is 5.15. The molecule has 0 fully saturated rings. The van der Waals surface area contributed by atoms with Gasteiger partial charge in [-0.25, -0.2) is 0 Å². The van der Waals surface area contributed by atoms with Gasteiger partial charge in [-0.3, -0.25) is 4.98 Å². The lowest BCUT2D eigenvalue weighted by molar-refractivity contribution is 0.412. The number of benzene rings is 1. The largest absolute Gasteiger partial charge is 0.497 e. The van der Waals surface area contributed by atoms with E-state index in [9.17, 15) is 0 Å². The number of aromatic nitrogens is 1. The topological polar surface area (TPSA) is 34.1 Å². The minimum Gasteiger partial charge on any atom is -0.497 e. The first-order chi connectivity index (χ1) is 9.58. The Morgan fingerprint density at radius 1 is 1.15 bits per heavy atom. The van der Waals surface area contributed by atoms with Gasteiger partial charge < -0.3 is 10.1 Å². The highest BCUT2D eigenvalue weighted by Crippen LogP contribution is 2.16. The van der Waals surface area contributed by atoms with Crippen molar-refractivity contribution in [2.45, 2.75) is 33.4 Å². The van der Waals surface area contributed by atoms with Crippen molar-refractivity contribution in [2.75, 3.05) is 7.11 Å². The number of methoxy groups -OCH3 is 1. The molecule has 1 aromatic heterocycles. The molecule has 3 nitrogen and oxygen atoms in total.